The number of rotatable bonds is 6. The molecule has 1 aliphatic rings. The predicted molar refractivity (Wildman–Crippen MR) is 105 cm³/mol. The molecule has 0 aromatic carbocycles. The van der Waals surface area contributed by atoms with Crippen LogP contribution >= 0.6 is 0 Å². The highest BCUT2D eigenvalue weighted by atomic mass is 19.4. The van der Waals surface area contributed by atoms with Crippen LogP contribution in [0.2, 0.25) is 0 Å². The molecule has 2 heterocycles. The van der Waals surface area contributed by atoms with Crippen LogP contribution in [0.15, 0.2) is 18.5 Å². The first-order chi connectivity index (χ1) is 14.3. The summed E-state index contributed by atoms with van der Waals surface area (Å²) in [6.45, 7) is 1.57. The highest BCUT2D eigenvalue weighted by molar-refractivity contribution is 5.78. The number of carbonyl (C=O) groups excluding carboxylic acids is 1. The molecule has 0 saturated heterocycles. The molecule has 162 valence electrons. The van der Waals surface area contributed by atoms with Crippen molar-refractivity contribution in [1.29, 1.82) is 0 Å². The van der Waals surface area contributed by atoms with Crippen LogP contribution in [0.1, 0.15) is 42.6 Å². The van der Waals surface area contributed by atoms with Gasteiger partial charge in [0.15, 0.2) is 0 Å². The van der Waals surface area contributed by atoms with Crippen molar-refractivity contribution in [2.75, 3.05) is 17.7 Å². The molecule has 3 rings (SSSR count). The first-order valence-electron chi connectivity index (χ1n) is 9.71. The van der Waals surface area contributed by atoms with Gasteiger partial charge in [0, 0.05) is 37.9 Å². The van der Waals surface area contributed by atoms with Crippen molar-refractivity contribution in [3.8, 4) is 0 Å². The second-order valence-electron chi connectivity index (χ2n) is 7.23. The van der Waals surface area contributed by atoms with Crippen LogP contribution in [-0.4, -0.2) is 38.9 Å². The Morgan fingerprint density at radius 1 is 1.20 bits per heavy atom. The topological polar surface area (TPSA) is 105 Å². The fourth-order valence-electron chi connectivity index (χ4n) is 3.56. The summed E-state index contributed by atoms with van der Waals surface area (Å²) in [6.07, 6.45) is 0.459. The number of alkyl halides is 3. The quantitative estimate of drug-likeness (QED) is 0.656. The molecule has 2 aromatic rings. The Morgan fingerprint density at radius 3 is 2.70 bits per heavy atom. The average molecular weight is 423 g/mol. The Balaban J connectivity index is 1.59. The van der Waals surface area contributed by atoms with Crippen LogP contribution in [0.3, 0.4) is 0 Å². The summed E-state index contributed by atoms with van der Waals surface area (Å²) in [7, 11) is 1.71. The Hall–Kier alpha value is -2.98. The highest BCUT2D eigenvalue weighted by Gasteiger charge is 2.34. The van der Waals surface area contributed by atoms with Gasteiger partial charge in [-0.3, -0.25) is 9.78 Å². The summed E-state index contributed by atoms with van der Waals surface area (Å²) in [5, 5.41) is 8.76. The summed E-state index contributed by atoms with van der Waals surface area (Å²) in [6, 6.07) is 1.27. The molecular formula is C19H24F3N7O. The second kappa shape index (κ2) is 9.23. The lowest BCUT2D eigenvalue weighted by molar-refractivity contribution is -0.138. The minimum atomic E-state index is -4.51. The van der Waals surface area contributed by atoms with Crippen molar-refractivity contribution in [2.45, 2.75) is 51.4 Å². The molecule has 0 bridgehead atoms. The normalized spacial score (nSPS) is 19.2. The van der Waals surface area contributed by atoms with Crippen LogP contribution in [0.5, 0.6) is 0 Å². The molecular weight excluding hydrogens is 399 g/mol. The molecule has 11 heteroatoms. The van der Waals surface area contributed by atoms with E-state index >= 15 is 0 Å². The summed E-state index contributed by atoms with van der Waals surface area (Å²) in [4.78, 5) is 28.8. The van der Waals surface area contributed by atoms with E-state index in [1.165, 1.54) is 12.3 Å². The standard InChI is InChI=1S/C19H24F3N7O/c1-11-26-17(23-2)29-18(27-11)28-14-5-3-4-12(8-14)16(30)25-9-13-6-7-24-10-15(13)19(20,21)22/h6-7,10,12,14H,3-5,8-9H2,1-2H3,(H,25,30)(H2,23,26,27,28,29). The number of halogens is 3. The van der Waals surface area contributed by atoms with Gasteiger partial charge in [-0.05, 0) is 37.8 Å². The summed E-state index contributed by atoms with van der Waals surface area (Å²) in [5.74, 6) is 0.908. The largest absolute Gasteiger partial charge is 0.418 e. The third-order valence-corrected chi connectivity index (χ3v) is 5.02. The molecule has 1 amide bonds. The second-order valence-corrected chi connectivity index (χ2v) is 7.23. The Labute approximate surface area is 172 Å². The van der Waals surface area contributed by atoms with Crippen LogP contribution in [-0.2, 0) is 17.5 Å². The summed E-state index contributed by atoms with van der Waals surface area (Å²) < 4.78 is 39.3. The number of amides is 1. The van der Waals surface area contributed by atoms with Crippen molar-refractivity contribution in [1.82, 2.24) is 25.3 Å². The minimum absolute atomic E-state index is 0.00316. The number of nitrogens with one attached hydrogen (secondary N) is 3. The molecule has 0 radical (unpaired) electrons. The molecule has 2 aromatic heterocycles. The minimum Gasteiger partial charge on any atom is -0.357 e. The molecule has 1 saturated carbocycles. The van der Waals surface area contributed by atoms with Gasteiger partial charge in [-0.25, -0.2) is 0 Å². The zero-order chi connectivity index (χ0) is 21.7. The molecule has 0 spiro atoms. The molecule has 1 aliphatic carbocycles. The zero-order valence-electron chi connectivity index (χ0n) is 16.8. The maximum absolute atomic E-state index is 13.1. The molecule has 2 atom stereocenters. The first kappa shape index (κ1) is 21.7. The van der Waals surface area contributed by atoms with E-state index < -0.39 is 11.7 Å². The lowest BCUT2D eigenvalue weighted by atomic mass is 9.85. The van der Waals surface area contributed by atoms with Gasteiger partial charge < -0.3 is 16.0 Å². The van der Waals surface area contributed by atoms with Crippen LogP contribution in [0.25, 0.3) is 0 Å². The lowest BCUT2D eigenvalue weighted by Crippen LogP contribution is -2.37. The number of anilines is 2. The maximum atomic E-state index is 13.1. The fourth-order valence-corrected chi connectivity index (χ4v) is 3.56. The van der Waals surface area contributed by atoms with Gasteiger partial charge in [0.1, 0.15) is 5.82 Å². The lowest BCUT2D eigenvalue weighted by Gasteiger charge is -2.29. The number of hydrogen-bond donors (Lipinski definition) is 3. The third-order valence-electron chi connectivity index (χ3n) is 5.02. The van der Waals surface area contributed by atoms with Gasteiger partial charge in [0.05, 0.1) is 5.56 Å². The predicted octanol–water partition coefficient (Wildman–Crippen LogP) is 2.92. The van der Waals surface area contributed by atoms with Crippen molar-refractivity contribution in [2.24, 2.45) is 5.92 Å². The SMILES string of the molecule is CNc1nc(C)nc(NC2CCCC(C(=O)NCc3ccncc3C(F)(F)F)C2)n1. The van der Waals surface area contributed by atoms with Crippen LogP contribution in [0, 0.1) is 12.8 Å². The van der Waals surface area contributed by atoms with Crippen LogP contribution in [0.4, 0.5) is 25.1 Å². The Morgan fingerprint density at radius 2 is 1.97 bits per heavy atom. The molecule has 0 aliphatic heterocycles. The van der Waals surface area contributed by atoms with Crippen LogP contribution < -0.4 is 16.0 Å². The van der Waals surface area contributed by atoms with E-state index in [0.29, 0.717) is 30.6 Å². The van der Waals surface area contributed by atoms with E-state index in [4.69, 9.17) is 0 Å². The average Bonchev–Trinajstić information content (AvgIpc) is 2.71. The number of pyridine rings is 1. The number of carbonyl (C=O) groups is 1. The van der Waals surface area contributed by atoms with E-state index in [1.807, 2.05) is 0 Å². The third kappa shape index (κ3) is 5.55. The molecule has 8 nitrogen and oxygen atoms in total. The van der Waals surface area contributed by atoms with Crippen molar-refractivity contribution in [3.63, 3.8) is 0 Å². The highest BCUT2D eigenvalue weighted by Crippen LogP contribution is 2.31. The Kier molecular flexibility index (Phi) is 6.68. The van der Waals surface area contributed by atoms with Gasteiger partial charge in [-0.2, -0.15) is 28.1 Å². The zero-order valence-corrected chi connectivity index (χ0v) is 16.8. The van der Waals surface area contributed by atoms with Gasteiger partial charge in [-0.15, -0.1) is 0 Å². The fraction of sp³-hybridized carbons (Fsp3) is 0.526. The Bertz CT molecular complexity index is 891. The maximum Gasteiger partial charge on any atom is 0.418 e. The van der Waals surface area contributed by atoms with E-state index in [0.717, 1.165) is 19.0 Å². The number of nitrogens with zero attached hydrogens (tertiary/aromatic N) is 4. The summed E-state index contributed by atoms with van der Waals surface area (Å²) in [5.41, 5.74) is -0.837. The molecule has 3 N–H and O–H groups in total. The molecule has 1 fully saturated rings. The van der Waals surface area contributed by atoms with Gasteiger partial charge in [-0.1, -0.05) is 6.42 Å². The first-order valence-corrected chi connectivity index (χ1v) is 9.71. The van der Waals surface area contributed by atoms with Gasteiger partial charge >= 0.3 is 6.18 Å². The number of aryl methyl sites for hydroxylation is 1. The van der Waals surface area contributed by atoms with E-state index in [1.54, 1.807) is 14.0 Å². The smallest absolute Gasteiger partial charge is 0.357 e. The van der Waals surface area contributed by atoms with E-state index in [9.17, 15) is 18.0 Å². The number of aromatic nitrogens is 4. The van der Waals surface area contributed by atoms with Crippen molar-refractivity contribution < 1.29 is 18.0 Å². The molecule has 30 heavy (non-hydrogen) atoms. The van der Waals surface area contributed by atoms with Crippen molar-refractivity contribution in [3.05, 3.63) is 35.4 Å². The van der Waals surface area contributed by atoms with Crippen molar-refractivity contribution >= 4 is 17.8 Å². The monoisotopic (exact) mass is 423 g/mol. The van der Waals surface area contributed by atoms with Gasteiger partial charge in [0.2, 0.25) is 17.8 Å². The molecule has 2 unspecified atom stereocenters. The van der Waals surface area contributed by atoms with E-state index in [2.05, 4.69) is 35.9 Å². The van der Waals surface area contributed by atoms with E-state index in [-0.39, 0.29) is 30.0 Å². The van der Waals surface area contributed by atoms with Gasteiger partial charge in [0.25, 0.3) is 0 Å². The summed E-state index contributed by atoms with van der Waals surface area (Å²) >= 11 is 0. The number of hydrogen-bond acceptors (Lipinski definition) is 7.